The lowest BCUT2D eigenvalue weighted by atomic mass is 10.0. The van der Waals surface area contributed by atoms with Crippen molar-refractivity contribution >= 4 is 34.9 Å². The number of hydrogen-bond acceptors (Lipinski definition) is 3. The minimum atomic E-state index is -0.657. The molecule has 1 aromatic carbocycles. The Morgan fingerprint density at radius 3 is 2.88 bits per heavy atom. The smallest absolute Gasteiger partial charge is 0.322 e. The van der Waals surface area contributed by atoms with Crippen molar-refractivity contribution in [2.24, 2.45) is 0 Å². The van der Waals surface area contributed by atoms with Crippen molar-refractivity contribution in [2.45, 2.75) is 31.3 Å². The summed E-state index contributed by atoms with van der Waals surface area (Å²) in [7, 11) is 0. The summed E-state index contributed by atoms with van der Waals surface area (Å²) in [5.41, 5.74) is 1.18. The molecule has 0 aliphatic carbocycles. The second-order valence-corrected chi connectivity index (χ2v) is 6.96. The molecule has 0 spiro atoms. The number of aromatic amines is 1. The lowest BCUT2D eigenvalue weighted by molar-refractivity contribution is 0.176. The number of nitrogens with zero attached hydrogens (tertiary/aromatic N) is 2. The summed E-state index contributed by atoms with van der Waals surface area (Å²) < 4.78 is 14.0. The predicted molar refractivity (Wildman–Crippen MR) is 91.6 cm³/mol. The van der Waals surface area contributed by atoms with Crippen LogP contribution in [0.25, 0.3) is 0 Å². The van der Waals surface area contributed by atoms with E-state index in [1.54, 1.807) is 4.90 Å². The van der Waals surface area contributed by atoms with Crippen molar-refractivity contribution in [3.63, 3.8) is 0 Å². The highest BCUT2D eigenvalue weighted by Crippen LogP contribution is 2.42. The molecule has 2 aromatic rings. The van der Waals surface area contributed by atoms with E-state index in [1.165, 1.54) is 12.3 Å². The number of H-pyrrole nitrogens is 1. The van der Waals surface area contributed by atoms with Gasteiger partial charge in [-0.05, 0) is 25.0 Å². The molecule has 2 atom stereocenters. The Balaban J connectivity index is 1.63. The molecule has 2 bridgehead atoms. The first-order valence-corrected chi connectivity index (χ1v) is 8.51. The van der Waals surface area contributed by atoms with E-state index in [-0.39, 0.29) is 33.4 Å². The van der Waals surface area contributed by atoms with Gasteiger partial charge in [0.05, 0.1) is 33.7 Å². The van der Waals surface area contributed by atoms with Crippen LogP contribution in [0.1, 0.15) is 30.3 Å². The Labute approximate surface area is 152 Å². The SMILES string of the molecule is O=C(Nc1cc(Cl)c(Cl)cc1F)N1C2CCC1c1ncc(=O)[nH]c1C2. The molecule has 2 aliphatic heterocycles. The van der Waals surface area contributed by atoms with Crippen LogP contribution in [0.15, 0.2) is 23.1 Å². The van der Waals surface area contributed by atoms with E-state index in [2.05, 4.69) is 15.3 Å². The highest BCUT2D eigenvalue weighted by atomic mass is 35.5. The Morgan fingerprint density at radius 2 is 2.08 bits per heavy atom. The van der Waals surface area contributed by atoms with E-state index in [9.17, 15) is 14.0 Å². The molecule has 2 N–H and O–H groups in total. The van der Waals surface area contributed by atoms with Gasteiger partial charge in [-0.25, -0.2) is 9.18 Å². The van der Waals surface area contributed by atoms with Crippen LogP contribution in [0, 0.1) is 5.82 Å². The lowest BCUT2D eigenvalue weighted by Gasteiger charge is -2.35. The minimum Gasteiger partial charge on any atom is -0.323 e. The zero-order chi connectivity index (χ0) is 17.7. The van der Waals surface area contributed by atoms with Crippen LogP contribution in [0.3, 0.4) is 0 Å². The number of fused-ring (bicyclic) bond motifs is 4. The first-order chi connectivity index (χ1) is 11.9. The third-order valence-electron chi connectivity index (χ3n) is 4.65. The number of rotatable bonds is 1. The number of urea groups is 1. The Morgan fingerprint density at radius 1 is 1.32 bits per heavy atom. The van der Waals surface area contributed by atoms with Crippen LogP contribution < -0.4 is 10.9 Å². The molecule has 1 fully saturated rings. The van der Waals surface area contributed by atoms with Gasteiger partial charge in [0.15, 0.2) is 0 Å². The Hall–Kier alpha value is -2.12. The predicted octanol–water partition coefficient (Wildman–Crippen LogP) is 3.51. The van der Waals surface area contributed by atoms with Crippen molar-refractivity contribution in [1.82, 2.24) is 14.9 Å². The number of carbonyl (C=O) groups is 1. The van der Waals surface area contributed by atoms with Crippen LogP contribution >= 0.6 is 23.2 Å². The van der Waals surface area contributed by atoms with Gasteiger partial charge in [0.1, 0.15) is 5.82 Å². The van der Waals surface area contributed by atoms with E-state index < -0.39 is 11.8 Å². The van der Waals surface area contributed by atoms with Crippen molar-refractivity contribution in [3.8, 4) is 0 Å². The van der Waals surface area contributed by atoms with E-state index in [0.717, 1.165) is 24.6 Å². The fourth-order valence-corrected chi connectivity index (χ4v) is 3.90. The second-order valence-electron chi connectivity index (χ2n) is 6.15. The van der Waals surface area contributed by atoms with Crippen LogP contribution in [0.2, 0.25) is 10.0 Å². The van der Waals surface area contributed by atoms with Gasteiger partial charge in [-0.2, -0.15) is 0 Å². The molecule has 2 amide bonds. The van der Waals surface area contributed by atoms with Gasteiger partial charge in [-0.3, -0.25) is 9.78 Å². The summed E-state index contributed by atoms with van der Waals surface area (Å²) in [6, 6.07) is 1.61. The maximum absolute atomic E-state index is 14.0. The van der Waals surface area contributed by atoms with Gasteiger partial charge in [-0.1, -0.05) is 23.2 Å². The Kier molecular flexibility index (Phi) is 3.92. The number of amides is 2. The van der Waals surface area contributed by atoms with Gasteiger partial charge >= 0.3 is 6.03 Å². The molecule has 9 heteroatoms. The summed E-state index contributed by atoms with van der Waals surface area (Å²) >= 11 is 11.7. The molecule has 130 valence electrons. The van der Waals surface area contributed by atoms with Gasteiger partial charge < -0.3 is 15.2 Å². The van der Waals surface area contributed by atoms with E-state index >= 15 is 0 Å². The summed E-state index contributed by atoms with van der Waals surface area (Å²) in [6.07, 6.45) is 3.27. The molecule has 1 aromatic heterocycles. The largest absolute Gasteiger partial charge is 0.323 e. The van der Waals surface area contributed by atoms with Gasteiger partial charge in [0.25, 0.3) is 5.56 Å². The summed E-state index contributed by atoms with van der Waals surface area (Å²) in [6.45, 7) is 0. The highest BCUT2D eigenvalue weighted by Gasteiger charge is 2.44. The summed E-state index contributed by atoms with van der Waals surface area (Å²) in [5, 5.41) is 2.80. The maximum Gasteiger partial charge on any atom is 0.322 e. The average Bonchev–Trinajstić information content (AvgIpc) is 2.88. The number of aromatic nitrogens is 2. The van der Waals surface area contributed by atoms with Crippen LogP contribution in [0.4, 0.5) is 14.9 Å². The summed E-state index contributed by atoms with van der Waals surface area (Å²) in [5.74, 6) is -0.657. The van der Waals surface area contributed by atoms with Crippen LogP contribution in [-0.4, -0.2) is 26.9 Å². The van der Waals surface area contributed by atoms with Gasteiger partial charge in [0, 0.05) is 18.2 Å². The molecule has 25 heavy (non-hydrogen) atoms. The number of carbonyl (C=O) groups excluding carboxylic acids is 1. The van der Waals surface area contributed by atoms with Crippen LogP contribution in [0.5, 0.6) is 0 Å². The number of halogens is 3. The second kappa shape index (κ2) is 6.00. The number of hydrogen-bond donors (Lipinski definition) is 2. The molecule has 4 rings (SSSR count). The molecule has 2 aliphatic rings. The van der Waals surface area contributed by atoms with E-state index in [0.29, 0.717) is 12.1 Å². The maximum atomic E-state index is 14.0. The molecule has 3 heterocycles. The Bertz CT molecular complexity index is 933. The van der Waals surface area contributed by atoms with Gasteiger partial charge in [-0.15, -0.1) is 0 Å². The third-order valence-corrected chi connectivity index (χ3v) is 5.37. The number of nitrogens with one attached hydrogen (secondary N) is 2. The third kappa shape index (κ3) is 2.77. The average molecular weight is 383 g/mol. The zero-order valence-corrected chi connectivity index (χ0v) is 14.4. The van der Waals surface area contributed by atoms with E-state index in [4.69, 9.17) is 23.2 Å². The molecular formula is C16H13Cl2FN4O2. The molecule has 0 saturated carbocycles. The van der Waals surface area contributed by atoms with Crippen molar-refractivity contribution in [2.75, 3.05) is 5.32 Å². The topological polar surface area (TPSA) is 78.1 Å². The summed E-state index contributed by atoms with van der Waals surface area (Å²) in [4.78, 5) is 32.8. The first kappa shape index (κ1) is 16.4. The molecule has 6 nitrogen and oxygen atoms in total. The molecule has 1 saturated heterocycles. The molecule has 0 radical (unpaired) electrons. The number of benzene rings is 1. The molecule has 2 unspecified atom stereocenters. The zero-order valence-electron chi connectivity index (χ0n) is 12.9. The first-order valence-electron chi connectivity index (χ1n) is 7.76. The normalized spacial score (nSPS) is 21.2. The van der Waals surface area contributed by atoms with Crippen molar-refractivity contribution in [1.29, 1.82) is 0 Å². The van der Waals surface area contributed by atoms with Crippen LogP contribution in [-0.2, 0) is 6.42 Å². The quantitative estimate of drug-likeness (QED) is 0.740. The molecular weight excluding hydrogens is 370 g/mol. The highest BCUT2D eigenvalue weighted by molar-refractivity contribution is 6.42. The van der Waals surface area contributed by atoms with Crippen molar-refractivity contribution < 1.29 is 9.18 Å². The standard InChI is InChI=1S/C16H13Cl2FN4O2/c17-8-4-10(19)11(5-9(8)18)22-16(25)23-7-1-2-13(23)15-12(3-7)21-14(24)6-20-15/h4-7,13H,1-3H2,(H,21,24)(H,22,25). The van der Waals surface area contributed by atoms with E-state index in [1.807, 2.05) is 0 Å². The fraction of sp³-hybridized carbons (Fsp3) is 0.312. The monoisotopic (exact) mass is 382 g/mol. The van der Waals surface area contributed by atoms with Gasteiger partial charge in [0.2, 0.25) is 0 Å². The fourth-order valence-electron chi connectivity index (χ4n) is 3.59. The lowest BCUT2D eigenvalue weighted by Crippen LogP contribution is -2.45. The number of anilines is 1. The van der Waals surface area contributed by atoms with Crippen molar-refractivity contribution in [3.05, 3.63) is 55.9 Å². The minimum absolute atomic E-state index is 0.0287.